The lowest BCUT2D eigenvalue weighted by molar-refractivity contribution is 0.414. The Morgan fingerprint density at radius 3 is 2.52 bits per heavy atom. The number of hydrogen-bond acceptors (Lipinski definition) is 3. The fourth-order valence-electron chi connectivity index (χ4n) is 2.89. The van der Waals surface area contributed by atoms with Crippen molar-refractivity contribution in [2.45, 2.75) is 6.54 Å². The number of halogens is 2. The van der Waals surface area contributed by atoms with Crippen LogP contribution in [0.15, 0.2) is 64.7 Å². The average molecular weight is 429 g/mol. The first-order valence-corrected chi connectivity index (χ1v) is 9.46. The summed E-state index contributed by atoms with van der Waals surface area (Å²) in [5.74, 6) is 0.589. The molecule has 0 saturated heterocycles. The molecule has 1 N–H and O–H groups in total. The Morgan fingerprint density at radius 1 is 1.07 bits per heavy atom. The summed E-state index contributed by atoms with van der Waals surface area (Å²) in [5, 5.41) is 0.941. The smallest absolute Gasteiger partial charge is 0.275 e. The van der Waals surface area contributed by atoms with Crippen molar-refractivity contribution in [1.29, 1.82) is 0 Å². The van der Waals surface area contributed by atoms with Crippen LogP contribution >= 0.6 is 23.2 Å². The van der Waals surface area contributed by atoms with Crippen LogP contribution in [-0.2, 0) is 6.54 Å². The Labute approximate surface area is 176 Å². The van der Waals surface area contributed by atoms with Gasteiger partial charge in [-0.3, -0.25) is 14.2 Å². The molecule has 0 amide bonds. The molecule has 3 aromatic rings. The van der Waals surface area contributed by atoms with Gasteiger partial charge in [-0.05, 0) is 29.8 Å². The molecule has 0 fully saturated rings. The van der Waals surface area contributed by atoms with Crippen LogP contribution in [0, 0.1) is 0 Å². The van der Waals surface area contributed by atoms with Crippen molar-refractivity contribution in [2.24, 2.45) is 0 Å². The maximum atomic E-state index is 13.1. The Hall–Kier alpha value is -3.02. The Morgan fingerprint density at radius 2 is 1.79 bits per heavy atom. The molecule has 0 radical (unpaired) electrons. The molecule has 2 aromatic carbocycles. The van der Waals surface area contributed by atoms with Crippen molar-refractivity contribution in [2.75, 3.05) is 7.11 Å². The summed E-state index contributed by atoms with van der Waals surface area (Å²) in [6.07, 6.45) is 4.67. The van der Waals surface area contributed by atoms with E-state index in [1.54, 1.807) is 49.6 Å². The monoisotopic (exact) mass is 428 g/mol. The second kappa shape index (κ2) is 8.99. The highest BCUT2D eigenvalue weighted by Crippen LogP contribution is 2.25. The molecular weight excluding hydrogens is 411 g/mol. The van der Waals surface area contributed by atoms with E-state index in [-0.39, 0.29) is 22.8 Å². The number of rotatable bonds is 5. The van der Waals surface area contributed by atoms with E-state index in [4.69, 9.17) is 27.9 Å². The number of aromatic nitrogens is 2. The van der Waals surface area contributed by atoms with E-state index in [1.165, 1.54) is 10.6 Å². The zero-order valence-electron chi connectivity index (χ0n) is 15.6. The van der Waals surface area contributed by atoms with Crippen LogP contribution < -0.4 is 26.6 Å². The number of nitrogens with zero attached hydrogens (tertiary/aromatic N) is 1. The fraction of sp³-hybridized carbons (Fsp3) is 0.0909. The molecule has 29 heavy (non-hydrogen) atoms. The first-order valence-electron chi connectivity index (χ1n) is 8.70. The summed E-state index contributed by atoms with van der Waals surface area (Å²) in [6, 6.07) is 12.3. The highest BCUT2D eigenvalue weighted by Gasteiger charge is 2.08. The van der Waals surface area contributed by atoms with Crippen molar-refractivity contribution in [3.63, 3.8) is 0 Å². The first-order chi connectivity index (χ1) is 14.0. The Bertz CT molecular complexity index is 1310. The Kier molecular flexibility index (Phi) is 6.42. The number of benzene rings is 2. The lowest BCUT2D eigenvalue weighted by Crippen LogP contribution is -2.53. The van der Waals surface area contributed by atoms with Gasteiger partial charge in [-0.2, -0.15) is 0 Å². The third kappa shape index (κ3) is 4.36. The quantitative estimate of drug-likeness (QED) is 0.635. The van der Waals surface area contributed by atoms with Crippen molar-refractivity contribution >= 4 is 35.4 Å². The maximum absolute atomic E-state index is 13.1. The van der Waals surface area contributed by atoms with Crippen LogP contribution in [0.2, 0.25) is 10.0 Å². The van der Waals surface area contributed by atoms with E-state index < -0.39 is 5.56 Å². The van der Waals surface area contributed by atoms with Gasteiger partial charge in [-0.15, -0.1) is 6.58 Å². The van der Waals surface area contributed by atoms with Gasteiger partial charge in [0.25, 0.3) is 11.1 Å². The van der Waals surface area contributed by atoms with E-state index >= 15 is 0 Å². The van der Waals surface area contributed by atoms with Crippen molar-refractivity contribution in [3.05, 3.63) is 108 Å². The minimum absolute atomic E-state index is 0.0955. The molecule has 0 spiro atoms. The van der Waals surface area contributed by atoms with Gasteiger partial charge < -0.3 is 9.72 Å². The number of ether oxygens (including phenoxy) is 1. The van der Waals surface area contributed by atoms with E-state index in [2.05, 4.69) is 11.6 Å². The average Bonchev–Trinajstić information content (AvgIpc) is 2.72. The van der Waals surface area contributed by atoms with E-state index in [9.17, 15) is 9.59 Å². The van der Waals surface area contributed by atoms with Gasteiger partial charge >= 0.3 is 0 Å². The predicted molar refractivity (Wildman–Crippen MR) is 117 cm³/mol. The van der Waals surface area contributed by atoms with Crippen molar-refractivity contribution in [3.8, 4) is 5.75 Å². The molecule has 0 aliphatic rings. The predicted octanol–water partition coefficient (Wildman–Crippen LogP) is 2.70. The highest BCUT2D eigenvalue weighted by atomic mass is 35.5. The van der Waals surface area contributed by atoms with Gasteiger partial charge in [0, 0.05) is 12.1 Å². The fourth-order valence-corrected chi connectivity index (χ4v) is 3.25. The molecule has 0 aliphatic heterocycles. The van der Waals surface area contributed by atoms with Gasteiger partial charge in [-0.25, -0.2) is 0 Å². The molecular formula is C22H18Cl2N2O3. The van der Waals surface area contributed by atoms with Gasteiger partial charge in [0.15, 0.2) is 0 Å². The SMILES string of the molecule is C=CCn1c(=O)/c(=C/c2cccc(Cl)c2Cl)[nH]c(=O)/c1=C/c1ccccc1OC. The lowest BCUT2D eigenvalue weighted by atomic mass is 10.2. The number of nitrogens with one attached hydrogen (secondary N) is 1. The molecule has 5 nitrogen and oxygen atoms in total. The summed E-state index contributed by atoms with van der Waals surface area (Å²) in [7, 11) is 1.54. The summed E-state index contributed by atoms with van der Waals surface area (Å²) in [5.41, 5.74) is 0.384. The molecule has 0 atom stereocenters. The van der Waals surface area contributed by atoms with Crippen LogP contribution in [-0.4, -0.2) is 16.7 Å². The molecule has 148 valence electrons. The van der Waals surface area contributed by atoms with Crippen LogP contribution in [0.4, 0.5) is 0 Å². The van der Waals surface area contributed by atoms with Crippen molar-refractivity contribution in [1.82, 2.24) is 9.55 Å². The van der Waals surface area contributed by atoms with Gasteiger partial charge in [0.2, 0.25) is 0 Å². The molecule has 7 heteroatoms. The van der Waals surface area contributed by atoms with E-state index in [0.29, 0.717) is 26.9 Å². The molecule has 3 rings (SSSR count). The zero-order valence-corrected chi connectivity index (χ0v) is 17.1. The second-order valence-corrected chi connectivity index (χ2v) is 6.92. The minimum atomic E-state index is -0.429. The van der Waals surface area contributed by atoms with Gasteiger partial charge in [-0.1, -0.05) is 59.6 Å². The Balaban J connectivity index is 2.33. The molecule has 0 aliphatic carbocycles. The second-order valence-electron chi connectivity index (χ2n) is 6.13. The molecule has 0 unspecified atom stereocenters. The van der Waals surface area contributed by atoms with Gasteiger partial charge in [0.05, 0.1) is 17.2 Å². The standard InChI is InChI=1S/C22H18Cl2N2O3/c1-3-11-26-18(13-14-7-4-5-10-19(14)29-2)21(27)25-17(22(26)28)12-15-8-6-9-16(23)20(15)24/h3-10,12-13H,1,11H2,2H3,(H,25,27)/b17-12-,18-13-. The van der Waals surface area contributed by atoms with E-state index in [1.807, 2.05) is 12.1 Å². The third-order valence-electron chi connectivity index (χ3n) is 4.27. The highest BCUT2D eigenvalue weighted by molar-refractivity contribution is 6.42. The number of methoxy groups -OCH3 is 1. The zero-order chi connectivity index (χ0) is 21.0. The van der Waals surface area contributed by atoms with Crippen LogP contribution in [0.1, 0.15) is 11.1 Å². The van der Waals surface area contributed by atoms with Crippen LogP contribution in [0.25, 0.3) is 12.2 Å². The topological polar surface area (TPSA) is 64.1 Å². The number of allylic oxidation sites excluding steroid dienone is 1. The molecule has 0 bridgehead atoms. The summed E-state index contributed by atoms with van der Waals surface area (Å²) in [6.45, 7) is 3.85. The van der Waals surface area contributed by atoms with Crippen molar-refractivity contribution < 1.29 is 4.74 Å². The molecule has 1 heterocycles. The number of aromatic amines is 1. The van der Waals surface area contributed by atoms with Crippen LogP contribution in [0.3, 0.4) is 0 Å². The van der Waals surface area contributed by atoms with E-state index in [0.717, 1.165) is 0 Å². The summed E-state index contributed by atoms with van der Waals surface area (Å²) in [4.78, 5) is 28.5. The molecule has 0 saturated carbocycles. The third-order valence-corrected chi connectivity index (χ3v) is 5.10. The summed E-state index contributed by atoms with van der Waals surface area (Å²) >= 11 is 12.2. The maximum Gasteiger partial charge on any atom is 0.275 e. The molecule has 1 aromatic heterocycles. The van der Waals surface area contributed by atoms with Gasteiger partial charge in [0.1, 0.15) is 16.4 Å². The normalized spacial score (nSPS) is 12.2. The summed E-state index contributed by atoms with van der Waals surface area (Å²) < 4.78 is 6.68. The first kappa shape index (κ1) is 20.7. The minimum Gasteiger partial charge on any atom is -0.496 e. The largest absolute Gasteiger partial charge is 0.496 e. The lowest BCUT2D eigenvalue weighted by Gasteiger charge is -2.07. The number of hydrogen-bond donors (Lipinski definition) is 1. The van der Waals surface area contributed by atoms with Crippen LogP contribution in [0.5, 0.6) is 5.75 Å². The number of H-pyrrole nitrogens is 1. The number of para-hydroxylation sites is 1.